The highest BCUT2D eigenvalue weighted by Gasteiger charge is 2.17. The van der Waals surface area contributed by atoms with Gasteiger partial charge in [0.2, 0.25) is 0 Å². The maximum Gasteiger partial charge on any atom is 0.184 e. The standard InChI is InChI=1S/C19H23NO4/c1-21-17-7-8-18(22-2)16(11-17)13-20-12-14-3-5-15(6-4-14)19-23-9-10-24-19/h3-8,11,19-20H,9-10,12-13H2,1-2H3. The van der Waals surface area contributed by atoms with Crippen LogP contribution in [0.15, 0.2) is 42.5 Å². The van der Waals surface area contributed by atoms with Gasteiger partial charge in [0.25, 0.3) is 0 Å². The first kappa shape index (κ1) is 16.8. The summed E-state index contributed by atoms with van der Waals surface area (Å²) in [7, 11) is 3.34. The summed E-state index contributed by atoms with van der Waals surface area (Å²) >= 11 is 0. The number of methoxy groups -OCH3 is 2. The van der Waals surface area contributed by atoms with Crippen LogP contribution in [0.2, 0.25) is 0 Å². The molecule has 5 heteroatoms. The monoisotopic (exact) mass is 329 g/mol. The lowest BCUT2D eigenvalue weighted by atomic mass is 10.1. The van der Waals surface area contributed by atoms with Gasteiger partial charge < -0.3 is 24.3 Å². The van der Waals surface area contributed by atoms with Crippen molar-refractivity contribution in [2.24, 2.45) is 0 Å². The van der Waals surface area contributed by atoms with Crippen molar-refractivity contribution in [3.63, 3.8) is 0 Å². The van der Waals surface area contributed by atoms with E-state index < -0.39 is 0 Å². The second-order valence-corrected chi connectivity index (χ2v) is 5.60. The molecule has 0 unspecified atom stereocenters. The van der Waals surface area contributed by atoms with E-state index in [1.807, 2.05) is 18.2 Å². The Hall–Kier alpha value is -2.08. The maximum absolute atomic E-state index is 5.50. The fourth-order valence-corrected chi connectivity index (χ4v) is 2.71. The minimum atomic E-state index is -0.215. The van der Waals surface area contributed by atoms with E-state index >= 15 is 0 Å². The van der Waals surface area contributed by atoms with Gasteiger partial charge in [0.05, 0.1) is 27.4 Å². The van der Waals surface area contributed by atoms with Crippen LogP contribution in [0.3, 0.4) is 0 Å². The minimum Gasteiger partial charge on any atom is -0.497 e. The smallest absolute Gasteiger partial charge is 0.184 e. The lowest BCUT2D eigenvalue weighted by molar-refractivity contribution is -0.0441. The van der Waals surface area contributed by atoms with E-state index in [2.05, 4.69) is 29.6 Å². The van der Waals surface area contributed by atoms with Crippen molar-refractivity contribution in [1.29, 1.82) is 0 Å². The van der Waals surface area contributed by atoms with Crippen LogP contribution in [0.4, 0.5) is 0 Å². The van der Waals surface area contributed by atoms with Crippen LogP contribution in [-0.4, -0.2) is 27.4 Å². The van der Waals surface area contributed by atoms with Gasteiger partial charge in [-0.3, -0.25) is 0 Å². The molecule has 0 radical (unpaired) electrons. The van der Waals surface area contributed by atoms with Crippen LogP contribution >= 0.6 is 0 Å². The summed E-state index contributed by atoms with van der Waals surface area (Å²) in [6, 6.07) is 14.1. The summed E-state index contributed by atoms with van der Waals surface area (Å²) in [5.74, 6) is 1.68. The molecule has 0 saturated carbocycles. The molecule has 0 aliphatic carbocycles. The van der Waals surface area contributed by atoms with Crippen molar-refractivity contribution in [2.75, 3.05) is 27.4 Å². The summed E-state index contributed by atoms with van der Waals surface area (Å²) in [5, 5.41) is 3.43. The summed E-state index contributed by atoms with van der Waals surface area (Å²) in [6.07, 6.45) is -0.215. The molecule has 0 atom stereocenters. The van der Waals surface area contributed by atoms with Crippen LogP contribution in [0.25, 0.3) is 0 Å². The van der Waals surface area contributed by atoms with E-state index in [0.29, 0.717) is 19.8 Å². The number of nitrogens with one attached hydrogen (secondary N) is 1. The normalized spacial score (nSPS) is 14.8. The second-order valence-electron chi connectivity index (χ2n) is 5.60. The molecule has 3 rings (SSSR count). The molecule has 0 bridgehead atoms. The topological polar surface area (TPSA) is 49.0 Å². The first-order valence-electron chi connectivity index (χ1n) is 8.04. The Labute approximate surface area is 142 Å². The molecule has 1 heterocycles. The molecule has 1 fully saturated rings. The Bertz CT molecular complexity index is 651. The molecule has 24 heavy (non-hydrogen) atoms. The summed E-state index contributed by atoms with van der Waals surface area (Å²) in [6.45, 7) is 2.80. The molecule has 1 saturated heterocycles. The van der Waals surface area contributed by atoms with Gasteiger partial charge in [0, 0.05) is 24.2 Å². The van der Waals surface area contributed by atoms with Crippen LogP contribution in [-0.2, 0) is 22.6 Å². The van der Waals surface area contributed by atoms with Gasteiger partial charge in [-0.2, -0.15) is 0 Å². The van der Waals surface area contributed by atoms with Gasteiger partial charge in [-0.25, -0.2) is 0 Å². The molecule has 2 aromatic carbocycles. The van der Waals surface area contributed by atoms with E-state index in [-0.39, 0.29) is 6.29 Å². The molecule has 1 aliphatic heterocycles. The molecular formula is C19H23NO4. The summed E-state index contributed by atoms with van der Waals surface area (Å²) < 4.78 is 21.7. The van der Waals surface area contributed by atoms with Gasteiger partial charge in [-0.1, -0.05) is 24.3 Å². The summed E-state index contributed by atoms with van der Waals surface area (Å²) in [4.78, 5) is 0. The third-order valence-corrected chi connectivity index (χ3v) is 4.01. The Kier molecular flexibility index (Phi) is 5.69. The highest BCUT2D eigenvalue weighted by Crippen LogP contribution is 2.25. The van der Waals surface area contributed by atoms with Crippen molar-refractivity contribution in [1.82, 2.24) is 5.32 Å². The molecule has 0 aromatic heterocycles. The SMILES string of the molecule is COc1ccc(OC)c(CNCc2ccc(C3OCCO3)cc2)c1. The lowest BCUT2D eigenvalue weighted by Crippen LogP contribution is -2.13. The van der Waals surface area contributed by atoms with E-state index in [9.17, 15) is 0 Å². The number of ether oxygens (including phenoxy) is 4. The Morgan fingerprint density at radius 3 is 2.38 bits per heavy atom. The largest absolute Gasteiger partial charge is 0.497 e. The van der Waals surface area contributed by atoms with Gasteiger partial charge in [-0.15, -0.1) is 0 Å². The third kappa shape index (κ3) is 4.06. The van der Waals surface area contributed by atoms with E-state index in [4.69, 9.17) is 18.9 Å². The van der Waals surface area contributed by atoms with Crippen molar-refractivity contribution < 1.29 is 18.9 Å². The molecule has 0 amide bonds. The summed E-state index contributed by atoms with van der Waals surface area (Å²) in [5.41, 5.74) is 3.34. The molecule has 1 aliphatic rings. The number of benzene rings is 2. The highest BCUT2D eigenvalue weighted by atomic mass is 16.7. The van der Waals surface area contributed by atoms with Gasteiger partial charge in [0.1, 0.15) is 11.5 Å². The quantitative estimate of drug-likeness (QED) is 0.846. The highest BCUT2D eigenvalue weighted by molar-refractivity contribution is 5.40. The van der Waals surface area contributed by atoms with Gasteiger partial charge >= 0.3 is 0 Å². The molecule has 5 nitrogen and oxygen atoms in total. The van der Waals surface area contributed by atoms with Crippen molar-refractivity contribution in [3.05, 3.63) is 59.2 Å². The molecule has 128 valence electrons. The first-order chi connectivity index (χ1) is 11.8. The Morgan fingerprint density at radius 1 is 0.958 bits per heavy atom. The van der Waals surface area contributed by atoms with Crippen LogP contribution in [0, 0.1) is 0 Å². The molecule has 2 aromatic rings. The van der Waals surface area contributed by atoms with Crippen molar-refractivity contribution in [3.8, 4) is 11.5 Å². The van der Waals surface area contributed by atoms with Crippen LogP contribution in [0.1, 0.15) is 23.0 Å². The maximum atomic E-state index is 5.50. The van der Waals surface area contributed by atoms with Crippen LogP contribution in [0.5, 0.6) is 11.5 Å². The number of hydrogen-bond acceptors (Lipinski definition) is 5. The first-order valence-corrected chi connectivity index (χ1v) is 8.04. The minimum absolute atomic E-state index is 0.215. The molecule has 1 N–H and O–H groups in total. The lowest BCUT2D eigenvalue weighted by Gasteiger charge is -2.12. The number of rotatable bonds is 7. The zero-order chi connectivity index (χ0) is 16.8. The zero-order valence-electron chi connectivity index (χ0n) is 14.1. The Balaban J connectivity index is 1.56. The van der Waals surface area contributed by atoms with Gasteiger partial charge in [0.15, 0.2) is 6.29 Å². The predicted molar refractivity (Wildman–Crippen MR) is 91.2 cm³/mol. The Morgan fingerprint density at radius 2 is 1.71 bits per heavy atom. The zero-order valence-corrected chi connectivity index (χ0v) is 14.1. The molecular weight excluding hydrogens is 306 g/mol. The average Bonchev–Trinajstić information content (AvgIpc) is 3.17. The van der Waals surface area contributed by atoms with Crippen molar-refractivity contribution >= 4 is 0 Å². The fourth-order valence-electron chi connectivity index (χ4n) is 2.71. The van der Waals surface area contributed by atoms with Crippen LogP contribution < -0.4 is 14.8 Å². The molecule has 0 spiro atoms. The van der Waals surface area contributed by atoms with E-state index in [1.54, 1.807) is 14.2 Å². The second kappa shape index (κ2) is 8.15. The number of hydrogen-bond donors (Lipinski definition) is 1. The van der Waals surface area contributed by atoms with Crippen molar-refractivity contribution in [2.45, 2.75) is 19.4 Å². The van der Waals surface area contributed by atoms with E-state index in [0.717, 1.165) is 29.2 Å². The fraction of sp³-hybridized carbons (Fsp3) is 0.368. The van der Waals surface area contributed by atoms with E-state index in [1.165, 1.54) is 5.56 Å². The average molecular weight is 329 g/mol. The van der Waals surface area contributed by atoms with Gasteiger partial charge in [-0.05, 0) is 23.8 Å². The third-order valence-electron chi connectivity index (χ3n) is 4.01. The predicted octanol–water partition coefficient (Wildman–Crippen LogP) is 3.04.